The topological polar surface area (TPSA) is 64.0 Å². The lowest BCUT2D eigenvalue weighted by atomic mass is 10.1. The van der Waals surface area contributed by atoms with Crippen molar-refractivity contribution in [1.29, 1.82) is 0 Å². The first-order valence-electron chi connectivity index (χ1n) is 9.44. The van der Waals surface area contributed by atoms with Crippen LogP contribution in [0.5, 0.6) is 0 Å². The normalized spacial score (nSPS) is 16.5. The number of anilines is 1. The first kappa shape index (κ1) is 18.4. The highest BCUT2D eigenvalue weighted by molar-refractivity contribution is 9.10. The van der Waals surface area contributed by atoms with E-state index in [0.29, 0.717) is 12.6 Å². The number of ether oxygens (including phenoxy) is 1. The van der Waals surface area contributed by atoms with Crippen molar-refractivity contribution in [3.8, 4) is 0 Å². The minimum absolute atomic E-state index is 0.343. The molecule has 0 radical (unpaired) electrons. The fraction of sp³-hybridized carbons (Fsp3) is 0.400. The summed E-state index contributed by atoms with van der Waals surface area (Å²) in [5, 5.41) is 7.06. The molecule has 0 bridgehead atoms. The van der Waals surface area contributed by atoms with Crippen LogP contribution in [0.15, 0.2) is 47.1 Å². The number of halogens is 1. The molecule has 4 rings (SSSR count). The van der Waals surface area contributed by atoms with Crippen LogP contribution in [0.2, 0.25) is 0 Å². The molecule has 0 aliphatic carbocycles. The van der Waals surface area contributed by atoms with Crippen LogP contribution in [0.3, 0.4) is 0 Å². The van der Waals surface area contributed by atoms with E-state index < -0.39 is 0 Å². The molecule has 1 aliphatic heterocycles. The number of benzene rings is 1. The summed E-state index contributed by atoms with van der Waals surface area (Å²) in [5.41, 5.74) is 2.84. The molecule has 1 fully saturated rings. The molecule has 1 saturated heterocycles. The Balaban J connectivity index is 1.80. The molecule has 0 saturated carbocycles. The van der Waals surface area contributed by atoms with Crippen LogP contribution in [-0.2, 0) is 4.74 Å². The van der Waals surface area contributed by atoms with Crippen LogP contribution >= 0.6 is 15.9 Å². The van der Waals surface area contributed by atoms with Gasteiger partial charge in [-0.05, 0) is 73.1 Å². The van der Waals surface area contributed by atoms with Crippen LogP contribution in [0.4, 0.5) is 5.95 Å². The molecule has 142 valence electrons. The maximum atomic E-state index is 6.15. The monoisotopic (exact) mass is 429 g/mol. The smallest absolute Gasteiger partial charge is 0.206 e. The number of nitrogens with zero attached hydrogens (tertiary/aromatic N) is 3. The highest BCUT2D eigenvalue weighted by atomic mass is 79.9. The number of para-hydroxylation sites is 2. The SMILES string of the molecule is CCOC(c1cccc(Br)n1)n1c(NC2CCNCC2)nc2ccccc21. The molecule has 2 N–H and O–H groups in total. The van der Waals surface area contributed by atoms with Crippen molar-refractivity contribution < 1.29 is 4.74 Å². The lowest BCUT2D eigenvalue weighted by Gasteiger charge is -2.27. The highest BCUT2D eigenvalue weighted by Gasteiger charge is 2.24. The summed E-state index contributed by atoms with van der Waals surface area (Å²) >= 11 is 3.48. The number of aromatic nitrogens is 3. The molecule has 7 heteroatoms. The third-order valence-electron chi connectivity index (χ3n) is 4.82. The van der Waals surface area contributed by atoms with E-state index >= 15 is 0 Å². The van der Waals surface area contributed by atoms with Crippen molar-refractivity contribution in [2.24, 2.45) is 0 Å². The molecule has 1 atom stereocenters. The van der Waals surface area contributed by atoms with Crippen LogP contribution in [0, 0.1) is 0 Å². The molecule has 1 unspecified atom stereocenters. The number of nitrogens with one attached hydrogen (secondary N) is 2. The third-order valence-corrected chi connectivity index (χ3v) is 5.26. The number of imidazole rings is 1. The summed E-state index contributed by atoms with van der Waals surface area (Å²) in [6, 6.07) is 14.5. The molecule has 2 aromatic heterocycles. The molecular weight excluding hydrogens is 406 g/mol. The van der Waals surface area contributed by atoms with Gasteiger partial charge >= 0.3 is 0 Å². The van der Waals surface area contributed by atoms with Gasteiger partial charge in [-0.25, -0.2) is 9.97 Å². The van der Waals surface area contributed by atoms with Crippen LogP contribution in [-0.4, -0.2) is 40.3 Å². The molecule has 6 nitrogen and oxygen atoms in total. The van der Waals surface area contributed by atoms with Crippen molar-refractivity contribution >= 4 is 32.9 Å². The summed E-state index contributed by atoms with van der Waals surface area (Å²) in [7, 11) is 0. The molecule has 27 heavy (non-hydrogen) atoms. The van der Waals surface area contributed by atoms with E-state index in [2.05, 4.69) is 42.2 Å². The minimum atomic E-state index is -0.343. The summed E-state index contributed by atoms with van der Waals surface area (Å²) in [6.07, 6.45) is 1.82. The Bertz CT molecular complexity index is 906. The predicted octanol–water partition coefficient (Wildman–Crippen LogP) is 3.94. The van der Waals surface area contributed by atoms with E-state index in [1.807, 2.05) is 43.3 Å². The van der Waals surface area contributed by atoms with Crippen LogP contribution in [0.1, 0.15) is 31.7 Å². The first-order chi connectivity index (χ1) is 13.3. The van der Waals surface area contributed by atoms with E-state index in [4.69, 9.17) is 9.72 Å². The van der Waals surface area contributed by atoms with E-state index in [9.17, 15) is 0 Å². The first-order valence-corrected chi connectivity index (χ1v) is 10.2. The summed E-state index contributed by atoms with van der Waals surface area (Å²) < 4.78 is 9.08. The predicted molar refractivity (Wildman–Crippen MR) is 111 cm³/mol. The summed E-state index contributed by atoms with van der Waals surface area (Å²) in [4.78, 5) is 9.52. The number of rotatable bonds is 6. The van der Waals surface area contributed by atoms with Crippen molar-refractivity contribution in [2.75, 3.05) is 25.0 Å². The second-order valence-electron chi connectivity index (χ2n) is 6.66. The Morgan fingerprint density at radius 3 is 2.78 bits per heavy atom. The average molecular weight is 430 g/mol. The third kappa shape index (κ3) is 4.00. The van der Waals surface area contributed by atoms with Gasteiger partial charge in [0.25, 0.3) is 0 Å². The summed E-state index contributed by atoms with van der Waals surface area (Å²) in [5.74, 6) is 0.836. The number of hydrogen-bond donors (Lipinski definition) is 2. The van der Waals surface area contributed by atoms with Crippen molar-refractivity contribution in [3.05, 3.63) is 52.8 Å². The van der Waals surface area contributed by atoms with Gasteiger partial charge in [-0.2, -0.15) is 0 Å². The van der Waals surface area contributed by atoms with Crippen molar-refractivity contribution in [3.63, 3.8) is 0 Å². The molecule has 0 amide bonds. The number of hydrogen-bond acceptors (Lipinski definition) is 5. The van der Waals surface area contributed by atoms with Crippen LogP contribution < -0.4 is 10.6 Å². The fourth-order valence-corrected chi connectivity index (χ4v) is 3.90. The maximum Gasteiger partial charge on any atom is 0.206 e. The largest absolute Gasteiger partial charge is 0.353 e. The molecular formula is C20H24BrN5O. The van der Waals surface area contributed by atoms with Gasteiger partial charge < -0.3 is 15.4 Å². The number of pyridine rings is 1. The Kier molecular flexibility index (Phi) is 5.71. The standard InChI is InChI=1S/C20H24BrN5O/c1-2-27-19(16-7-5-9-18(21)24-16)26-17-8-4-3-6-15(17)25-20(26)23-14-10-12-22-13-11-14/h3-9,14,19,22H,2,10-13H2,1H3,(H,23,25). The van der Waals surface area contributed by atoms with Gasteiger partial charge in [0.1, 0.15) is 4.60 Å². The minimum Gasteiger partial charge on any atom is -0.353 e. The molecule has 3 aromatic rings. The lowest BCUT2D eigenvalue weighted by Crippen LogP contribution is -2.36. The van der Waals surface area contributed by atoms with Gasteiger partial charge in [0, 0.05) is 12.6 Å². The second-order valence-corrected chi connectivity index (χ2v) is 7.47. The van der Waals surface area contributed by atoms with Gasteiger partial charge in [0.15, 0.2) is 6.23 Å². The Morgan fingerprint density at radius 2 is 2.00 bits per heavy atom. The highest BCUT2D eigenvalue weighted by Crippen LogP contribution is 2.30. The second kappa shape index (κ2) is 8.37. The molecule has 3 heterocycles. The number of piperidine rings is 1. The zero-order valence-corrected chi connectivity index (χ0v) is 16.9. The number of fused-ring (bicyclic) bond motifs is 1. The van der Waals surface area contributed by atoms with E-state index in [1.165, 1.54) is 0 Å². The molecule has 1 aliphatic rings. The van der Waals surface area contributed by atoms with E-state index in [0.717, 1.165) is 53.2 Å². The summed E-state index contributed by atoms with van der Waals surface area (Å²) in [6.45, 7) is 4.64. The molecule has 0 spiro atoms. The van der Waals surface area contributed by atoms with Crippen LogP contribution in [0.25, 0.3) is 11.0 Å². The quantitative estimate of drug-likeness (QED) is 0.580. The zero-order chi connectivity index (χ0) is 18.6. The van der Waals surface area contributed by atoms with Gasteiger partial charge in [-0.3, -0.25) is 4.57 Å². The maximum absolute atomic E-state index is 6.15. The Morgan fingerprint density at radius 1 is 1.19 bits per heavy atom. The van der Waals surface area contributed by atoms with Gasteiger partial charge in [0.05, 0.1) is 16.7 Å². The zero-order valence-electron chi connectivity index (χ0n) is 15.4. The van der Waals surface area contributed by atoms with E-state index in [1.54, 1.807) is 0 Å². The van der Waals surface area contributed by atoms with Gasteiger partial charge in [-0.15, -0.1) is 0 Å². The van der Waals surface area contributed by atoms with Gasteiger partial charge in [-0.1, -0.05) is 18.2 Å². The molecule has 1 aromatic carbocycles. The fourth-order valence-electron chi connectivity index (χ4n) is 3.54. The van der Waals surface area contributed by atoms with Crippen molar-refractivity contribution in [2.45, 2.75) is 32.0 Å². The average Bonchev–Trinajstić information content (AvgIpc) is 3.04. The Hall–Kier alpha value is -1.96. The van der Waals surface area contributed by atoms with E-state index in [-0.39, 0.29) is 6.23 Å². The Labute approximate surface area is 167 Å². The lowest BCUT2D eigenvalue weighted by molar-refractivity contribution is 0.0420. The van der Waals surface area contributed by atoms with Gasteiger partial charge in [0.2, 0.25) is 5.95 Å². The van der Waals surface area contributed by atoms with Crippen molar-refractivity contribution in [1.82, 2.24) is 19.9 Å².